The molecular weight excluding hydrogens is 280 g/mol. The molecule has 19 heavy (non-hydrogen) atoms. The molecule has 5 heteroatoms. The first-order valence-electron chi connectivity index (χ1n) is 5.62. The zero-order valence-electron chi connectivity index (χ0n) is 10.3. The Morgan fingerprint density at radius 3 is 2.58 bits per heavy atom. The van der Waals surface area contributed by atoms with Gasteiger partial charge >= 0.3 is 0 Å². The summed E-state index contributed by atoms with van der Waals surface area (Å²) < 4.78 is 0. The van der Waals surface area contributed by atoms with Crippen molar-refractivity contribution < 1.29 is 5.21 Å². The van der Waals surface area contributed by atoms with Gasteiger partial charge in [0.2, 0.25) is 0 Å². The van der Waals surface area contributed by atoms with Crippen LogP contribution >= 0.6 is 23.4 Å². The Kier molecular flexibility index (Phi) is 4.35. The third-order valence-electron chi connectivity index (χ3n) is 2.55. The maximum Gasteiger partial charge on any atom is 0.171 e. The molecule has 0 saturated heterocycles. The van der Waals surface area contributed by atoms with Crippen LogP contribution in [0.3, 0.4) is 0 Å². The van der Waals surface area contributed by atoms with Crippen molar-refractivity contribution in [1.29, 1.82) is 0 Å². The predicted molar refractivity (Wildman–Crippen MR) is 79.3 cm³/mol. The lowest BCUT2D eigenvalue weighted by atomic mass is 10.2. The van der Waals surface area contributed by atoms with E-state index >= 15 is 0 Å². The number of nitrogens with two attached hydrogens (primary N) is 1. The highest BCUT2D eigenvalue weighted by Gasteiger charge is 2.07. The lowest BCUT2D eigenvalue weighted by molar-refractivity contribution is 0.318. The molecule has 0 aliphatic carbocycles. The molecule has 0 saturated carbocycles. The van der Waals surface area contributed by atoms with Crippen LogP contribution in [0.2, 0.25) is 5.02 Å². The van der Waals surface area contributed by atoms with E-state index in [1.54, 1.807) is 17.8 Å². The number of benzene rings is 2. The summed E-state index contributed by atoms with van der Waals surface area (Å²) in [5, 5.41) is 12.1. The largest absolute Gasteiger partial charge is 0.409 e. The van der Waals surface area contributed by atoms with Gasteiger partial charge in [0.15, 0.2) is 5.84 Å². The first kappa shape index (κ1) is 13.8. The standard InChI is InChI=1S/C14H13ClN2OS/c1-9-3-2-4-10(7-9)19-11-5-6-12(13(15)8-11)14(16)17-18/h2-8,18H,1H3,(H2,16,17). The molecule has 2 aromatic rings. The zero-order valence-corrected chi connectivity index (χ0v) is 11.9. The summed E-state index contributed by atoms with van der Waals surface area (Å²) in [6.45, 7) is 2.05. The fraction of sp³-hybridized carbons (Fsp3) is 0.0714. The van der Waals surface area contributed by atoms with E-state index in [0.29, 0.717) is 10.6 Å². The molecule has 0 unspecified atom stereocenters. The second-order valence-electron chi connectivity index (χ2n) is 4.05. The van der Waals surface area contributed by atoms with Crippen molar-refractivity contribution in [3.63, 3.8) is 0 Å². The second-order valence-corrected chi connectivity index (χ2v) is 5.60. The van der Waals surface area contributed by atoms with Crippen LogP contribution in [-0.4, -0.2) is 11.0 Å². The minimum absolute atomic E-state index is 0.0112. The summed E-state index contributed by atoms with van der Waals surface area (Å²) in [5.74, 6) is 0.0112. The van der Waals surface area contributed by atoms with Crippen LogP contribution in [0, 0.1) is 6.92 Å². The first-order valence-corrected chi connectivity index (χ1v) is 6.81. The van der Waals surface area contributed by atoms with E-state index in [4.69, 9.17) is 22.5 Å². The van der Waals surface area contributed by atoms with Crippen molar-refractivity contribution in [2.45, 2.75) is 16.7 Å². The zero-order chi connectivity index (χ0) is 13.8. The van der Waals surface area contributed by atoms with Crippen molar-refractivity contribution in [2.75, 3.05) is 0 Å². The Balaban J connectivity index is 2.26. The first-order chi connectivity index (χ1) is 9.10. The minimum Gasteiger partial charge on any atom is -0.409 e. The van der Waals surface area contributed by atoms with E-state index in [0.717, 1.165) is 9.79 Å². The number of oxime groups is 1. The lowest BCUT2D eigenvalue weighted by Gasteiger charge is -2.06. The molecule has 0 aliphatic rings. The Bertz CT molecular complexity index is 629. The van der Waals surface area contributed by atoms with E-state index in [1.165, 1.54) is 5.56 Å². The van der Waals surface area contributed by atoms with Gasteiger partial charge in [0.1, 0.15) is 0 Å². The highest BCUT2D eigenvalue weighted by Crippen LogP contribution is 2.31. The van der Waals surface area contributed by atoms with E-state index in [2.05, 4.69) is 24.2 Å². The van der Waals surface area contributed by atoms with Crippen molar-refractivity contribution in [1.82, 2.24) is 0 Å². The van der Waals surface area contributed by atoms with Gasteiger partial charge in [-0.05, 0) is 37.3 Å². The summed E-state index contributed by atoms with van der Waals surface area (Å²) in [7, 11) is 0. The topological polar surface area (TPSA) is 58.6 Å². The molecule has 0 heterocycles. The molecule has 0 fully saturated rings. The smallest absolute Gasteiger partial charge is 0.171 e. The molecule has 2 aromatic carbocycles. The lowest BCUT2D eigenvalue weighted by Crippen LogP contribution is -2.13. The van der Waals surface area contributed by atoms with Gasteiger partial charge in [-0.2, -0.15) is 0 Å². The van der Waals surface area contributed by atoms with Gasteiger partial charge in [0, 0.05) is 15.4 Å². The van der Waals surface area contributed by atoms with Gasteiger partial charge in [-0.25, -0.2) is 0 Å². The van der Waals surface area contributed by atoms with Gasteiger partial charge in [0.05, 0.1) is 5.02 Å². The number of rotatable bonds is 3. The molecule has 0 spiro atoms. The average Bonchev–Trinajstić information content (AvgIpc) is 2.38. The number of hydrogen-bond donors (Lipinski definition) is 2. The molecule has 0 bridgehead atoms. The number of nitrogens with zero attached hydrogens (tertiary/aromatic N) is 1. The third kappa shape index (κ3) is 3.43. The highest BCUT2D eigenvalue weighted by molar-refractivity contribution is 7.99. The van der Waals surface area contributed by atoms with Gasteiger partial charge in [0.25, 0.3) is 0 Å². The van der Waals surface area contributed by atoms with Crippen LogP contribution < -0.4 is 5.73 Å². The summed E-state index contributed by atoms with van der Waals surface area (Å²) in [4.78, 5) is 2.15. The van der Waals surface area contributed by atoms with Crippen LogP contribution in [0.5, 0.6) is 0 Å². The molecule has 0 atom stereocenters. The number of amidine groups is 1. The predicted octanol–water partition coefficient (Wildman–Crippen LogP) is 3.89. The summed E-state index contributed by atoms with van der Waals surface area (Å²) in [6, 6.07) is 13.7. The molecular formula is C14H13ClN2OS. The highest BCUT2D eigenvalue weighted by atomic mass is 35.5. The van der Waals surface area contributed by atoms with Crippen molar-refractivity contribution in [3.05, 3.63) is 58.6 Å². The van der Waals surface area contributed by atoms with E-state index in [-0.39, 0.29) is 5.84 Å². The van der Waals surface area contributed by atoms with Crippen molar-refractivity contribution in [3.8, 4) is 0 Å². The molecule has 2 rings (SSSR count). The van der Waals surface area contributed by atoms with Crippen LogP contribution in [0.4, 0.5) is 0 Å². The molecule has 0 radical (unpaired) electrons. The van der Waals surface area contributed by atoms with Crippen molar-refractivity contribution >= 4 is 29.2 Å². The third-order valence-corrected chi connectivity index (χ3v) is 3.84. The van der Waals surface area contributed by atoms with Crippen LogP contribution in [0.25, 0.3) is 0 Å². The van der Waals surface area contributed by atoms with E-state index in [1.807, 2.05) is 24.3 Å². The van der Waals surface area contributed by atoms with Gasteiger partial charge in [-0.3, -0.25) is 0 Å². The Hall–Kier alpha value is -1.65. The SMILES string of the molecule is Cc1cccc(Sc2ccc(C(N)=NO)c(Cl)c2)c1. The Morgan fingerprint density at radius 1 is 1.21 bits per heavy atom. The average molecular weight is 293 g/mol. The Labute approximate surface area is 121 Å². The maximum absolute atomic E-state index is 8.65. The molecule has 3 N–H and O–H groups in total. The van der Waals surface area contributed by atoms with Gasteiger partial charge in [-0.1, -0.05) is 46.2 Å². The molecule has 0 amide bonds. The normalized spacial score (nSPS) is 11.6. The molecule has 98 valence electrons. The maximum atomic E-state index is 8.65. The quantitative estimate of drug-likeness (QED) is 0.390. The summed E-state index contributed by atoms with van der Waals surface area (Å²) in [6.07, 6.45) is 0. The fourth-order valence-electron chi connectivity index (χ4n) is 1.64. The second kappa shape index (κ2) is 5.99. The summed E-state index contributed by atoms with van der Waals surface area (Å²) >= 11 is 7.73. The monoisotopic (exact) mass is 292 g/mol. The van der Waals surface area contributed by atoms with E-state index < -0.39 is 0 Å². The van der Waals surface area contributed by atoms with Gasteiger partial charge in [-0.15, -0.1) is 0 Å². The number of aryl methyl sites for hydroxylation is 1. The molecule has 0 aromatic heterocycles. The van der Waals surface area contributed by atoms with Crippen LogP contribution in [0.1, 0.15) is 11.1 Å². The van der Waals surface area contributed by atoms with Gasteiger partial charge < -0.3 is 10.9 Å². The number of hydrogen-bond acceptors (Lipinski definition) is 3. The number of halogens is 1. The molecule has 3 nitrogen and oxygen atoms in total. The summed E-state index contributed by atoms with van der Waals surface area (Å²) in [5.41, 5.74) is 7.26. The molecule has 0 aliphatic heterocycles. The van der Waals surface area contributed by atoms with Crippen molar-refractivity contribution in [2.24, 2.45) is 10.9 Å². The fourth-order valence-corrected chi connectivity index (χ4v) is 2.95. The minimum atomic E-state index is 0.0112. The Morgan fingerprint density at radius 2 is 1.95 bits per heavy atom. The van der Waals surface area contributed by atoms with Crippen LogP contribution in [0.15, 0.2) is 57.4 Å². The van der Waals surface area contributed by atoms with Crippen LogP contribution in [-0.2, 0) is 0 Å². The van der Waals surface area contributed by atoms with E-state index in [9.17, 15) is 0 Å².